The summed E-state index contributed by atoms with van der Waals surface area (Å²) in [6.07, 6.45) is 0. The molecule has 0 bridgehead atoms. The number of para-hydroxylation sites is 1. The molecule has 0 aliphatic carbocycles. The maximum Gasteiger partial charge on any atom is 0.276 e. The number of aromatic nitrogens is 2. The summed E-state index contributed by atoms with van der Waals surface area (Å²) in [5.74, 6) is -0.293. The number of carbonyl (C=O) groups is 1. The number of hydrogen-bond donors (Lipinski definition) is 1. The molecule has 108 valence electrons. The van der Waals surface area contributed by atoms with Crippen molar-refractivity contribution in [2.75, 3.05) is 5.32 Å². The molecule has 4 nitrogen and oxygen atoms in total. The first-order chi connectivity index (χ1) is 10.7. The summed E-state index contributed by atoms with van der Waals surface area (Å²) in [6, 6.07) is 20.6. The minimum Gasteiger partial charge on any atom is -0.320 e. The summed E-state index contributed by atoms with van der Waals surface area (Å²) in [5, 5.41) is 10.9. The van der Waals surface area contributed by atoms with E-state index in [1.807, 2.05) is 54.6 Å². The van der Waals surface area contributed by atoms with Crippen LogP contribution in [-0.4, -0.2) is 16.1 Å². The molecule has 3 aromatic rings. The first kappa shape index (κ1) is 14.4. The first-order valence-corrected chi connectivity index (χ1v) is 7.48. The van der Waals surface area contributed by atoms with E-state index in [1.54, 1.807) is 12.1 Å². The molecule has 0 spiro atoms. The number of rotatable bonds is 3. The Balaban J connectivity index is 1.78. The average molecular weight is 354 g/mol. The van der Waals surface area contributed by atoms with Gasteiger partial charge in [0.25, 0.3) is 5.91 Å². The zero-order valence-corrected chi connectivity index (χ0v) is 13.1. The van der Waals surface area contributed by atoms with Gasteiger partial charge in [0.15, 0.2) is 5.69 Å². The maximum atomic E-state index is 12.2. The SMILES string of the molecule is O=C(Nc1ccccc1Br)c1ccc(-c2ccccc2)nn1. The molecule has 0 saturated carbocycles. The predicted octanol–water partition coefficient (Wildman–Crippen LogP) is 4.16. The van der Waals surface area contributed by atoms with Crippen molar-refractivity contribution in [2.24, 2.45) is 0 Å². The molecule has 1 amide bonds. The number of halogens is 1. The molecule has 0 saturated heterocycles. The van der Waals surface area contributed by atoms with Crippen LogP contribution in [0.15, 0.2) is 71.2 Å². The zero-order valence-electron chi connectivity index (χ0n) is 11.5. The molecular formula is C17H12BrN3O. The molecule has 1 N–H and O–H groups in total. The summed E-state index contributed by atoms with van der Waals surface area (Å²) >= 11 is 3.39. The lowest BCUT2D eigenvalue weighted by molar-refractivity contribution is 0.102. The highest BCUT2D eigenvalue weighted by Gasteiger charge is 2.10. The standard InChI is InChI=1S/C17H12BrN3O/c18-13-8-4-5-9-15(13)19-17(22)16-11-10-14(20-21-16)12-6-2-1-3-7-12/h1-11H,(H,19,22). The molecule has 22 heavy (non-hydrogen) atoms. The molecule has 0 unspecified atom stereocenters. The van der Waals surface area contributed by atoms with E-state index >= 15 is 0 Å². The van der Waals surface area contributed by atoms with Gasteiger partial charge < -0.3 is 5.32 Å². The summed E-state index contributed by atoms with van der Waals surface area (Å²) in [6.45, 7) is 0. The molecule has 0 aliphatic heterocycles. The van der Waals surface area contributed by atoms with Crippen molar-refractivity contribution in [3.8, 4) is 11.3 Å². The van der Waals surface area contributed by atoms with Crippen LogP contribution < -0.4 is 5.32 Å². The predicted molar refractivity (Wildman–Crippen MR) is 89.6 cm³/mol. The molecule has 2 aromatic carbocycles. The highest BCUT2D eigenvalue weighted by molar-refractivity contribution is 9.10. The smallest absolute Gasteiger partial charge is 0.276 e. The fraction of sp³-hybridized carbons (Fsp3) is 0. The molecule has 0 radical (unpaired) electrons. The van der Waals surface area contributed by atoms with Gasteiger partial charge in [0.05, 0.1) is 11.4 Å². The van der Waals surface area contributed by atoms with Gasteiger partial charge in [0, 0.05) is 10.0 Å². The fourth-order valence-electron chi connectivity index (χ4n) is 1.97. The average Bonchev–Trinajstić information content (AvgIpc) is 2.58. The quantitative estimate of drug-likeness (QED) is 0.769. The van der Waals surface area contributed by atoms with Crippen LogP contribution in [0.1, 0.15) is 10.5 Å². The van der Waals surface area contributed by atoms with E-state index in [1.165, 1.54) is 0 Å². The Morgan fingerprint density at radius 2 is 1.59 bits per heavy atom. The van der Waals surface area contributed by atoms with Crippen LogP contribution in [0.3, 0.4) is 0 Å². The van der Waals surface area contributed by atoms with Crippen molar-refractivity contribution in [1.82, 2.24) is 10.2 Å². The number of nitrogens with one attached hydrogen (secondary N) is 1. The van der Waals surface area contributed by atoms with Crippen LogP contribution in [-0.2, 0) is 0 Å². The van der Waals surface area contributed by atoms with Crippen LogP contribution in [0.4, 0.5) is 5.69 Å². The Hall–Kier alpha value is -2.53. The van der Waals surface area contributed by atoms with Gasteiger partial charge in [-0.15, -0.1) is 10.2 Å². The van der Waals surface area contributed by atoms with E-state index in [0.717, 1.165) is 15.7 Å². The Labute approximate surface area is 136 Å². The van der Waals surface area contributed by atoms with Crippen molar-refractivity contribution in [2.45, 2.75) is 0 Å². The normalized spacial score (nSPS) is 10.2. The lowest BCUT2D eigenvalue weighted by atomic mass is 10.1. The van der Waals surface area contributed by atoms with Crippen LogP contribution in [0, 0.1) is 0 Å². The van der Waals surface area contributed by atoms with E-state index < -0.39 is 0 Å². The van der Waals surface area contributed by atoms with Gasteiger partial charge in [-0.1, -0.05) is 42.5 Å². The first-order valence-electron chi connectivity index (χ1n) is 6.69. The second-order valence-electron chi connectivity index (χ2n) is 4.60. The number of anilines is 1. The van der Waals surface area contributed by atoms with E-state index in [9.17, 15) is 4.79 Å². The van der Waals surface area contributed by atoms with Gasteiger partial charge >= 0.3 is 0 Å². The van der Waals surface area contributed by atoms with Gasteiger partial charge in [0.2, 0.25) is 0 Å². The second-order valence-corrected chi connectivity index (χ2v) is 5.46. The Bertz CT molecular complexity index is 789. The van der Waals surface area contributed by atoms with E-state index in [-0.39, 0.29) is 11.6 Å². The molecule has 1 aromatic heterocycles. The minimum absolute atomic E-state index is 0.274. The monoisotopic (exact) mass is 353 g/mol. The van der Waals surface area contributed by atoms with Gasteiger partial charge in [-0.05, 0) is 40.2 Å². The lowest BCUT2D eigenvalue weighted by Gasteiger charge is -2.06. The van der Waals surface area contributed by atoms with Crippen molar-refractivity contribution < 1.29 is 4.79 Å². The number of benzene rings is 2. The van der Waals surface area contributed by atoms with Crippen LogP contribution in [0.2, 0.25) is 0 Å². The summed E-state index contributed by atoms with van der Waals surface area (Å²) in [4.78, 5) is 12.2. The van der Waals surface area contributed by atoms with Gasteiger partial charge in [0.1, 0.15) is 0 Å². The van der Waals surface area contributed by atoms with E-state index in [0.29, 0.717) is 5.69 Å². The molecule has 5 heteroatoms. The summed E-state index contributed by atoms with van der Waals surface area (Å²) < 4.78 is 0.817. The number of carbonyl (C=O) groups excluding carboxylic acids is 1. The third-order valence-electron chi connectivity index (χ3n) is 3.09. The third-order valence-corrected chi connectivity index (χ3v) is 3.78. The van der Waals surface area contributed by atoms with E-state index in [4.69, 9.17) is 0 Å². The summed E-state index contributed by atoms with van der Waals surface area (Å²) in [7, 11) is 0. The third kappa shape index (κ3) is 3.20. The van der Waals surface area contributed by atoms with Crippen molar-refractivity contribution in [1.29, 1.82) is 0 Å². The van der Waals surface area contributed by atoms with Crippen molar-refractivity contribution in [3.63, 3.8) is 0 Å². The topological polar surface area (TPSA) is 54.9 Å². The van der Waals surface area contributed by atoms with Gasteiger partial charge in [-0.3, -0.25) is 4.79 Å². The number of amides is 1. The Kier molecular flexibility index (Phi) is 4.25. The van der Waals surface area contributed by atoms with Crippen LogP contribution in [0.25, 0.3) is 11.3 Å². The van der Waals surface area contributed by atoms with Gasteiger partial charge in [-0.2, -0.15) is 0 Å². The fourth-order valence-corrected chi connectivity index (χ4v) is 2.35. The number of nitrogens with zero attached hydrogens (tertiary/aromatic N) is 2. The second kappa shape index (κ2) is 6.49. The van der Waals surface area contributed by atoms with Crippen molar-refractivity contribution in [3.05, 3.63) is 76.9 Å². The molecular weight excluding hydrogens is 342 g/mol. The highest BCUT2D eigenvalue weighted by Crippen LogP contribution is 2.22. The molecule has 0 fully saturated rings. The zero-order chi connectivity index (χ0) is 15.4. The summed E-state index contributed by atoms with van der Waals surface area (Å²) in [5.41, 5.74) is 2.67. The maximum absolute atomic E-state index is 12.2. The van der Waals surface area contributed by atoms with Crippen LogP contribution in [0.5, 0.6) is 0 Å². The highest BCUT2D eigenvalue weighted by atomic mass is 79.9. The van der Waals surface area contributed by atoms with Gasteiger partial charge in [-0.25, -0.2) is 0 Å². The van der Waals surface area contributed by atoms with Crippen molar-refractivity contribution >= 4 is 27.5 Å². The molecule has 1 heterocycles. The molecule has 0 atom stereocenters. The lowest BCUT2D eigenvalue weighted by Crippen LogP contribution is -2.14. The Morgan fingerprint density at radius 1 is 0.864 bits per heavy atom. The van der Waals surface area contributed by atoms with Crippen LogP contribution >= 0.6 is 15.9 Å². The Morgan fingerprint density at radius 3 is 2.27 bits per heavy atom. The number of hydrogen-bond acceptors (Lipinski definition) is 3. The molecule has 3 rings (SSSR count). The largest absolute Gasteiger partial charge is 0.320 e. The van der Waals surface area contributed by atoms with E-state index in [2.05, 4.69) is 31.4 Å². The molecule has 0 aliphatic rings. The minimum atomic E-state index is -0.293.